The van der Waals surface area contributed by atoms with Gasteiger partial charge >= 0.3 is 0 Å². The second kappa shape index (κ2) is 10.5. The minimum absolute atomic E-state index is 0.0212. The number of hydrogen-bond donors (Lipinski definition) is 2. The van der Waals surface area contributed by atoms with Crippen molar-refractivity contribution in [2.24, 2.45) is 5.92 Å². The molecule has 1 atom stereocenters. The molecule has 7 nitrogen and oxygen atoms in total. The van der Waals surface area contributed by atoms with Gasteiger partial charge < -0.3 is 10.6 Å². The largest absolute Gasteiger partial charge is 0.352 e. The smallest absolute Gasteiger partial charge is 0.253 e. The Kier molecular flexibility index (Phi) is 7.81. The van der Waals surface area contributed by atoms with Gasteiger partial charge in [0.1, 0.15) is 0 Å². The molecule has 0 radical (unpaired) electrons. The monoisotopic (exact) mass is 443 g/mol. The van der Waals surface area contributed by atoms with Crippen molar-refractivity contribution in [3.63, 3.8) is 0 Å². The molecule has 8 heteroatoms. The van der Waals surface area contributed by atoms with E-state index in [1.807, 2.05) is 30.3 Å². The predicted molar refractivity (Wildman–Crippen MR) is 121 cm³/mol. The summed E-state index contributed by atoms with van der Waals surface area (Å²) in [6.45, 7) is 2.71. The molecule has 2 N–H and O–H groups in total. The third-order valence-electron chi connectivity index (χ3n) is 5.48. The molecule has 0 saturated carbocycles. The molecule has 1 fully saturated rings. The summed E-state index contributed by atoms with van der Waals surface area (Å²) in [5, 5.41) is 5.74. The van der Waals surface area contributed by atoms with Crippen LogP contribution in [0.4, 0.5) is 5.69 Å². The van der Waals surface area contributed by atoms with E-state index in [2.05, 4.69) is 10.6 Å². The number of hydrogen-bond acceptors (Lipinski definition) is 4. The average molecular weight is 444 g/mol. The van der Waals surface area contributed by atoms with Crippen LogP contribution >= 0.6 is 0 Å². The highest BCUT2D eigenvalue weighted by atomic mass is 32.2. The number of nitrogens with one attached hydrogen (secondary N) is 2. The van der Waals surface area contributed by atoms with E-state index in [1.54, 1.807) is 31.2 Å². The number of carbonyl (C=O) groups is 2. The summed E-state index contributed by atoms with van der Waals surface area (Å²) < 4.78 is 25.7. The summed E-state index contributed by atoms with van der Waals surface area (Å²) in [6, 6.07) is 16.7. The molecule has 0 unspecified atom stereocenters. The van der Waals surface area contributed by atoms with Crippen molar-refractivity contribution in [1.29, 1.82) is 0 Å². The Hall–Kier alpha value is -2.71. The topological polar surface area (TPSA) is 95.6 Å². The lowest BCUT2D eigenvalue weighted by atomic mass is 9.98. The van der Waals surface area contributed by atoms with E-state index in [1.165, 1.54) is 4.31 Å². The fourth-order valence-electron chi connectivity index (χ4n) is 3.68. The van der Waals surface area contributed by atoms with E-state index in [9.17, 15) is 18.0 Å². The Balaban J connectivity index is 1.61. The van der Waals surface area contributed by atoms with Gasteiger partial charge in [-0.05, 0) is 43.9 Å². The lowest BCUT2D eigenvalue weighted by molar-refractivity contribution is -0.120. The second-order valence-electron chi connectivity index (χ2n) is 7.62. The molecule has 0 aliphatic carbocycles. The van der Waals surface area contributed by atoms with Gasteiger partial charge in [-0.1, -0.05) is 42.5 Å². The van der Waals surface area contributed by atoms with Crippen LogP contribution in [0.5, 0.6) is 0 Å². The van der Waals surface area contributed by atoms with Gasteiger partial charge in [-0.15, -0.1) is 0 Å². The maximum absolute atomic E-state index is 12.8. The van der Waals surface area contributed by atoms with Crippen LogP contribution in [0.15, 0.2) is 54.6 Å². The van der Waals surface area contributed by atoms with E-state index in [0.717, 1.165) is 5.56 Å². The van der Waals surface area contributed by atoms with Crippen molar-refractivity contribution in [2.45, 2.75) is 26.2 Å². The van der Waals surface area contributed by atoms with Crippen LogP contribution in [-0.2, 0) is 21.2 Å². The van der Waals surface area contributed by atoms with Crippen molar-refractivity contribution in [2.75, 3.05) is 30.7 Å². The highest BCUT2D eigenvalue weighted by Gasteiger charge is 2.31. The van der Waals surface area contributed by atoms with E-state index in [4.69, 9.17) is 0 Å². The van der Waals surface area contributed by atoms with Crippen molar-refractivity contribution < 1.29 is 18.0 Å². The molecule has 1 heterocycles. The number of anilines is 1. The standard InChI is InChI=1S/C23H29N3O4S/c1-2-31(29,30)26-16-8-11-19(17-26)22(27)25-21-13-7-6-12-20(21)23(28)24-15-14-18-9-4-3-5-10-18/h3-7,9-10,12-13,19H,2,8,11,14-17H2,1H3,(H,24,28)(H,25,27)/t19-/m0/s1. The first-order valence-electron chi connectivity index (χ1n) is 10.6. The molecule has 0 spiro atoms. The van der Waals surface area contributed by atoms with Crippen molar-refractivity contribution in [1.82, 2.24) is 9.62 Å². The van der Waals surface area contributed by atoms with Crippen LogP contribution < -0.4 is 10.6 Å². The number of rotatable bonds is 8. The highest BCUT2D eigenvalue weighted by Crippen LogP contribution is 2.22. The zero-order chi connectivity index (χ0) is 22.3. The van der Waals surface area contributed by atoms with Gasteiger partial charge in [-0.2, -0.15) is 0 Å². The van der Waals surface area contributed by atoms with Gasteiger partial charge in [0.25, 0.3) is 5.91 Å². The number of benzene rings is 2. The number of piperidine rings is 1. The first-order chi connectivity index (χ1) is 14.9. The molecule has 2 aromatic rings. The van der Waals surface area contributed by atoms with Crippen LogP contribution in [0, 0.1) is 5.92 Å². The summed E-state index contributed by atoms with van der Waals surface area (Å²) >= 11 is 0. The van der Waals surface area contributed by atoms with E-state index in [0.29, 0.717) is 43.6 Å². The number of carbonyl (C=O) groups excluding carboxylic acids is 2. The molecule has 0 bridgehead atoms. The fraction of sp³-hybridized carbons (Fsp3) is 0.391. The zero-order valence-electron chi connectivity index (χ0n) is 17.7. The maximum atomic E-state index is 12.8. The number of para-hydroxylation sites is 1. The Morgan fingerprint density at radius 3 is 2.52 bits per heavy atom. The molecule has 3 rings (SSSR count). The van der Waals surface area contributed by atoms with Crippen molar-refractivity contribution >= 4 is 27.5 Å². The summed E-state index contributed by atoms with van der Waals surface area (Å²) in [4.78, 5) is 25.5. The van der Waals surface area contributed by atoms with Crippen LogP contribution in [0.25, 0.3) is 0 Å². The Bertz CT molecular complexity index is 1010. The van der Waals surface area contributed by atoms with Crippen LogP contribution in [-0.4, -0.2) is 49.9 Å². The molecule has 2 amide bonds. The average Bonchev–Trinajstić information content (AvgIpc) is 2.80. The minimum atomic E-state index is -3.33. The van der Waals surface area contributed by atoms with Gasteiger partial charge in [0, 0.05) is 19.6 Å². The van der Waals surface area contributed by atoms with E-state index < -0.39 is 15.9 Å². The van der Waals surface area contributed by atoms with Gasteiger partial charge in [-0.3, -0.25) is 9.59 Å². The SMILES string of the molecule is CCS(=O)(=O)N1CCC[C@H](C(=O)Nc2ccccc2C(=O)NCCc2ccccc2)C1. The van der Waals surface area contributed by atoms with Crippen molar-refractivity contribution in [3.05, 3.63) is 65.7 Å². The molecule has 31 heavy (non-hydrogen) atoms. The second-order valence-corrected chi connectivity index (χ2v) is 9.88. The lowest BCUT2D eigenvalue weighted by Crippen LogP contribution is -2.44. The molecule has 1 saturated heterocycles. The van der Waals surface area contributed by atoms with Crippen LogP contribution in [0.2, 0.25) is 0 Å². The number of nitrogens with zero attached hydrogens (tertiary/aromatic N) is 1. The van der Waals surface area contributed by atoms with Gasteiger partial charge in [0.05, 0.1) is 22.9 Å². The quantitative estimate of drug-likeness (QED) is 0.656. The molecular weight excluding hydrogens is 414 g/mol. The molecule has 166 valence electrons. The summed E-state index contributed by atoms with van der Waals surface area (Å²) in [7, 11) is -3.33. The van der Waals surface area contributed by atoms with Gasteiger partial charge in [0.2, 0.25) is 15.9 Å². The Labute approximate surface area is 183 Å². The van der Waals surface area contributed by atoms with Crippen molar-refractivity contribution in [3.8, 4) is 0 Å². The third kappa shape index (κ3) is 6.15. The Morgan fingerprint density at radius 2 is 1.77 bits per heavy atom. The first kappa shape index (κ1) is 23.0. The summed E-state index contributed by atoms with van der Waals surface area (Å²) in [5.74, 6) is -0.941. The number of sulfonamides is 1. The molecule has 2 aromatic carbocycles. The van der Waals surface area contributed by atoms with Crippen LogP contribution in [0.3, 0.4) is 0 Å². The van der Waals surface area contributed by atoms with E-state index in [-0.39, 0.29) is 24.1 Å². The lowest BCUT2D eigenvalue weighted by Gasteiger charge is -2.31. The molecule has 1 aliphatic rings. The number of amides is 2. The normalized spacial score (nSPS) is 17.1. The molecular formula is C23H29N3O4S. The van der Waals surface area contributed by atoms with Gasteiger partial charge in [0.15, 0.2) is 0 Å². The zero-order valence-corrected chi connectivity index (χ0v) is 18.5. The van der Waals surface area contributed by atoms with Gasteiger partial charge in [-0.25, -0.2) is 12.7 Å². The minimum Gasteiger partial charge on any atom is -0.352 e. The van der Waals surface area contributed by atoms with E-state index >= 15 is 0 Å². The molecule has 0 aromatic heterocycles. The first-order valence-corrected chi connectivity index (χ1v) is 12.2. The predicted octanol–water partition coefficient (Wildman–Crippen LogP) is 2.66. The maximum Gasteiger partial charge on any atom is 0.253 e. The fourth-order valence-corrected chi connectivity index (χ4v) is 4.86. The summed E-state index contributed by atoms with van der Waals surface area (Å²) in [6.07, 6.45) is 1.97. The Morgan fingerprint density at radius 1 is 1.06 bits per heavy atom. The summed E-state index contributed by atoms with van der Waals surface area (Å²) in [5.41, 5.74) is 1.95. The molecule has 1 aliphatic heterocycles. The highest BCUT2D eigenvalue weighted by molar-refractivity contribution is 7.89. The van der Waals surface area contributed by atoms with Crippen LogP contribution in [0.1, 0.15) is 35.7 Å². The third-order valence-corrected chi connectivity index (χ3v) is 7.33.